The first-order chi connectivity index (χ1) is 23.3. The molecular weight excluding hydrogens is 682 g/mol. The second-order valence-corrected chi connectivity index (χ2v) is 19.4. The Kier molecular flexibility index (Phi) is 11.6. The number of halogens is 2. The van der Waals surface area contributed by atoms with Gasteiger partial charge in [-0.25, -0.2) is 26.3 Å². The standard InChI is InChI=1S/C36H56F2N6O6S/c1-34(2,3)25(19-43(9)51(10,49)50)41-33(48)42-29(35(4,5)6)32(47)44-18-22-27(36(22,7)8)28(44)31(46)40-24(17-26(37)38)30(45)39-23-16-21(23)20-14-12-11-13-15-20/h11-15,21-29H,16-19H2,1-10H3,(H,39,45)(H,40,46)(H2,41,42,48)/t21-,22+,23-,24+,25-,27+,28+,29-/m1/s1. The lowest BCUT2D eigenvalue weighted by Gasteiger charge is -2.39. The van der Waals surface area contributed by atoms with Crippen molar-refractivity contribution < 1.29 is 36.4 Å². The van der Waals surface area contributed by atoms with Crippen LogP contribution < -0.4 is 21.3 Å². The molecule has 0 unspecified atom stereocenters. The van der Waals surface area contributed by atoms with E-state index in [1.807, 2.05) is 65.0 Å². The summed E-state index contributed by atoms with van der Waals surface area (Å²) in [5, 5.41) is 11.0. The van der Waals surface area contributed by atoms with Crippen LogP contribution in [-0.2, 0) is 24.4 Å². The topological polar surface area (TPSA) is 157 Å². The first-order valence-electron chi connectivity index (χ1n) is 17.6. The van der Waals surface area contributed by atoms with Gasteiger partial charge in [0.05, 0.1) is 6.26 Å². The Morgan fingerprint density at radius 3 is 2.12 bits per heavy atom. The van der Waals surface area contributed by atoms with E-state index in [0.29, 0.717) is 6.42 Å². The molecule has 15 heteroatoms. The number of nitrogens with one attached hydrogen (secondary N) is 4. The summed E-state index contributed by atoms with van der Waals surface area (Å²) in [5.41, 5.74) is -0.642. The minimum absolute atomic E-state index is 0.00227. The van der Waals surface area contributed by atoms with Crippen LogP contribution in [0, 0.1) is 28.1 Å². The van der Waals surface area contributed by atoms with E-state index >= 15 is 0 Å². The van der Waals surface area contributed by atoms with Crippen LogP contribution in [0.2, 0.25) is 0 Å². The number of benzene rings is 1. The second-order valence-electron chi connectivity index (χ2n) is 17.3. The average molecular weight is 739 g/mol. The third-order valence-corrected chi connectivity index (χ3v) is 12.2. The fourth-order valence-corrected chi connectivity index (χ4v) is 7.68. The molecule has 0 spiro atoms. The quantitative estimate of drug-likeness (QED) is 0.244. The van der Waals surface area contributed by atoms with Gasteiger partial charge in [0.25, 0.3) is 0 Å². The van der Waals surface area contributed by atoms with E-state index in [0.717, 1.165) is 16.1 Å². The van der Waals surface area contributed by atoms with Crippen molar-refractivity contribution >= 4 is 33.8 Å². The van der Waals surface area contributed by atoms with E-state index in [9.17, 15) is 36.4 Å². The zero-order chi connectivity index (χ0) is 38.4. The normalized spacial score (nSPS) is 25.8. The summed E-state index contributed by atoms with van der Waals surface area (Å²) in [6, 6.07) is 4.37. The highest BCUT2D eigenvalue weighted by Gasteiger charge is 2.70. The van der Waals surface area contributed by atoms with Crippen molar-refractivity contribution in [1.29, 1.82) is 0 Å². The van der Waals surface area contributed by atoms with Gasteiger partial charge in [0, 0.05) is 44.6 Å². The number of alkyl halides is 2. The van der Waals surface area contributed by atoms with Gasteiger partial charge in [-0.15, -0.1) is 0 Å². The molecule has 1 aromatic carbocycles. The minimum Gasteiger partial charge on any atom is -0.351 e. The molecule has 1 heterocycles. The fourth-order valence-electron chi connectivity index (χ4n) is 7.26. The first-order valence-corrected chi connectivity index (χ1v) is 19.4. The number of amides is 5. The van der Waals surface area contributed by atoms with Crippen LogP contribution in [0.1, 0.15) is 79.7 Å². The Morgan fingerprint density at radius 1 is 0.980 bits per heavy atom. The van der Waals surface area contributed by atoms with Crippen LogP contribution >= 0.6 is 0 Å². The first kappa shape index (κ1) is 40.4. The third-order valence-electron chi connectivity index (χ3n) is 10.9. The van der Waals surface area contributed by atoms with Crippen LogP contribution in [0.3, 0.4) is 0 Å². The molecule has 0 aromatic heterocycles. The van der Waals surface area contributed by atoms with Gasteiger partial charge in [0.2, 0.25) is 34.2 Å². The summed E-state index contributed by atoms with van der Waals surface area (Å²) < 4.78 is 52.9. The molecule has 286 valence electrons. The summed E-state index contributed by atoms with van der Waals surface area (Å²) in [5.74, 6) is -2.15. The molecule has 51 heavy (non-hydrogen) atoms. The lowest BCUT2D eigenvalue weighted by atomic mass is 9.85. The number of urea groups is 1. The van der Waals surface area contributed by atoms with Crippen molar-refractivity contribution in [3.8, 4) is 0 Å². The van der Waals surface area contributed by atoms with E-state index in [1.54, 1.807) is 20.8 Å². The van der Waals surface area contributed by atoms with E-state index in [1.165, 1.54) is 11.9 Å². The summed E-state index contributed by atoms with van der Waals surface area (Å²) in [7, 11) is -2.11. The van der Waals surface area contributed by atoms with Crippen LogP contribution in [0.4, 0.5) is 13.6 Å². The highest BCUT2D eigenvalue weighted by molar-refractivity contribution is 7.88. The lowest BCUT2D eigenvalue weighted by molar-refractivity contribution is -0.144. The number of likely N-dealkylation sites (N-methyl/N-ethyl adjacent to an activating group) is 1. The Morgan fingerprint density at radius 2 is 1.59 bits per heavy atom. The number of likely N-dealkylation sites (tertiary alicyclic amines) is 1. The molecule has 1 aliphatic heterocycles. The van der Waals surface area contributed by atoms with Gasteiger partial charge >= 0.3 is 6.03 Å². The number of fused-ring (bicyclic) bond motifs is 1. The summed E-state index contributed by atoms with van der Waals surface area (Å²) in [4.78, 5) is 56.6. The third kappa shape index (κ3) is 9.57. The maximum Gasteiger partial charge on any atom is 0.315 e. The molecule has 2 aliphatic carbocycles. The fraction of sp³-hybridized carbons (Fsp3) is 0.722. The molecule has 3 aliphatic rings. The largest absolute Gasteiger partial charge is 0.351 e. The molecule has 1 saturated heterocycles. The van der Waals surface area contributed by atoms with Gasteiger partial charge in [0.1, 0.15) is 18.1 Å². The Labute approximate surface area is 301 Å². The molecule has 5 amide bonds. The zero-order valence-electron chi connectivity index (χ0n) is 31.4. The monoisotopic (exact) mass is 738 g/mol. The van der Waals surface area contributed by atoms with Crippen molar-refractivity contribution in [2.45, 2.75) is 111 Å². The van der Waals surface area contributed by atoms with E-state index < -0.39 is 81.6 Å². The highest BCUT2D eigenvalue weighted by atomic mass is 32.2. The van der Waals surface area contributed by atoms with Gasteiger partial charge in [-0.3, -0.25) is 14.4 Å². The number of piperidine rings is 1. The molecule has 3 fully saturated rings. The van der Waals surface area contributed by atoms with Crippen LogP contribution in [0.25, 0.3) is 0 Å². The van der Waals surface area contributed by atoms with Crippen molar-refractivity contribution in [2.24, 2.45) is 28.1 Å². The van der Waals surface area contributed by atoms with Crippen molar-refractivity contribution in [3.63, 3.8) is 0 Å². The molecule has 4 N–H and O–H groups in total. The van der Waals surface area contributed by atoms with Crippen LogP contribution in [-0.4, -0.2) is 104 Å². The van der Waals surface area contributed by atoms with Crippen molar-refractivity contribution in [2.75, 3.05) is 26.4 Å². The predicted octanol–water partition coefficient (Wildman–Crippen LogP) is 3.30. The van der Waals surface area contributed by atoms with Gasteiger partial charge in [0.15, 0.2) is 0 Å². The van der Waals surface area contributed by atoms with E-state index in [-0.39, 0.29) is 42.3 Å². The number of nitrogens with zero attached hydrogens (tertiary/aromatic N) is 2. The number of carbonyl (C=O) groups is 4. The van der Waals surface area contributed by atoms with Crippen LogP contribution in [0.15, 0.2) is 30.3 Å². The summed E-state index contributed by atoms with van der Waals surface area (Å²) in [6.45, 7) is 15.1. The number of hydrogen-bond donors (Lipinski definition) is 4. The number of rotatable bonds is 13. The maximum absolute atomic E-state index is 14.4. The minimum atomic E-state index is -3.53. The van der Waals surface area contributed by atoms with Gasteiger partial charge < -0.3 is 26.2 Å². The average Bonchev–Trinajstić information content (AvgIpc) is 3.80. The second kappa shape index (κ2) is 14.6. The molecule has 0 bridgehead atoms. The maximum atomic E-state index is 14.4. The van der Waals surface area contributed by atoms with Gasteiger partial charge in [-0.2, -0.15) is 0 Å². The highest BCUT2D eigenvalue weighted by Crippen LogP contribution is 2.65. The zero-order valence-corrected chi connectivity index (χ0v) is 32.2. The molecule has 1 aromatic rings. The lowest BCUT2D eigenvalue weighted by Crippen LogP contribution is -2.62. The molecule has 8 atom stereocenters. The van der Waals surface area contributed by atoms with E-state index in [2.05, 4.69) is 21.3 Å². The van der Waals surface area contributed by atoms with Crippen molar-refractivity contribution in [1.82, 2.24) is 30.5 Å². The van der Waals surface area contributed by atoms with E-state index in [4.69, 9.17) is 0 Å². The van der Waals surface area contributed by atoms with Gasteiger partial charge in [-0.1, -0.05) is 85.7 Å². The number of sulfonamides is 1. The molecular formula is C36H56F2N6O6S. The smallest absolute Gasteiger partial charge is 0.315 e. The Bertz CT molecular complexity index is 1580. The summed E-state index contributed by atoms with van der Waals surface area (Å²) >= 11 is 0. The number of hydrogen-bond acceptors (Lipinski definition) is 6. The Hall–Kier alpha value is -3.33. The molecule has 2 saturated carbocycles. The predicted molar refractivity (Wildman–Crippen MR) is 190 cm³/mol. The Balaban J connectivity index is 1.50. The van der Waals surface area contributed by atoms with Crippen molar-refractivity contribution in [3.05, 3.63) is 35.9 Å². The van der Waals surface area contributed by atoms with Crippen LogP contribution in [0.5, 0.6) is 0 Å². The summed E-state index contributed by atoms with van der Waals surface area (Å²) in [6.07, 6.45) is -2.01. The van der Waals surface area contributed by atoms with Gasteiger partial charge in [-0.05, 0) is 40.1 Å². The molecule has 4 rings (SSSR count). The molecule has 0 radical (unpaired) electrons. The number of carbonyl (C=O) groups excluding carboxylic acids is 4. The SMILES string of the molecule is CN(C[C@@H](NC(=O)N[C@H](C(=O)N1C[C@H]2[C@@H]([C@H]1C(=O)N[C@@H](CC(F)F)C(=O)N[C@@H]1C[C@@H]1c1ccccc1)C2(C)C)C(C)(C)C)C(C)(C)C)S(C)(=O)=O. The molecule has 12 nitrogen and oxygen atoms in total.